The van der Waals surface area contributed by atoms with Crippen LogP contribution in [0.1, 0.15) is 87.8 Å². The van der Waals surface area contributed by atoms with Gasteiger partial charge >= 0.3 is 36.1 Å². The standard InChI is InChI=1S/C54H52N6O16/c1-7-53(69)35-19-39-43-29(21-59(39)45(61)33(35)23-73-49(53)65)15-27-17-31(9-11-37(27)55-43)75-51(67)57-41(25(3)4)47(63)71-13-14-72-48(64)42(26(5)6)58-52(68)76-32-10-12-38-28(18-32)16-30-22-60-40(44(30)56-38)20-36-34(46(60)62)24-74-50(66)54(36,70)8-2/h9-12,15-20,25-26,41-42,69-70H,7-8,13-14,21-24H2,1-6H3,(H,57,67)(H,58,68)/t41-,42-,53-,54-/m0/s1. The second-order valence-corrected chi connectivity index (χ2v) is 19.8. The Bertz CT molecular complexity index is 3390. The number of amides is 2. The maximum atomic E-state index is 13.6. The third kappa shape index (κ3) is 8.75. The van der Waals surface area contributed by atoms with Crippen LogP contribution in [-0.4, -0.2) is 90.7 Å². The number of esters is 4. The van der Waals surface area contributed by atoms with Crippen molar-refractivity contribution in [3.05, 3.63) is 115 Å². The molecule has 0 unspecified atom stereocenters. The number of aromatic nitrogens is 4. The zero-order valence-electron chi connectivity index (χ0n) is 42.1. The summed E-state index contributed by atoms with van der Waals surface area (Å²) in [7, 11) is 0. The maximum absolute atomic E-state index is 13.6. The normalized spacial score (nSPS) is 18.6. The van der Waals surface area contributed by atoms with Crippen molar-refractivity contribution in [2.24, 2.45) is 11.8 Å². The summed E-state index contributed by atoms with van der Waals surface area (Å²) >= 11 is 0. The summed E-state index contributed by atoms with van der Waals surface area (Å²) in [5.74, 6) is -3.92. The molecule has 0 saturated carbocycles. The average molecular weight is 1040 g/mol. The van der Waals surface area contributed by atoms with Gasteiger partial charge in [-0.15, -0.1) is 0 Å². The highest BCUT2D eigenvalue weighted by Gasteiger charge is 2.47. The van der Waals surface area contributed by atoms with Gasteiger partial charge in [0.1, 0.15) is 50.0 Å². The topological polar surface area (TPSA) is 292 Å². The number of hydrogen-bond donors (Lipinski definition) is 4. The first kappa shape index (κ1) is 51.0. The number of pyridine rings is 4. The van der Waals surface area contributed by atoms with Crippen molar-refractivity contribution in [3.8, 4) is 34.3 Å². The van der Waals surface area contributed by atoms with Gasteiger partial charge in [0.05, 0.1) is 58.0 Å². The molecule has 0 saturated heterocycles. The molecule has 0 radical (unpaired) electrons. The molecule has 2 amide bonds. The quantitative estimate of drug-likeness (QED) is 0.0703. The van der Waals surface area contributed by atoms with E-state index in [1.807, 2.05) is 0 Å². The highest BCUT2D eigenvalue weighted by Crippen LogP contribution is 2.41. The van der Waals surface area contributed by atoms with Crippen molar-refractivity contribution in [2.75, 3.05) is 13.2 Å². The highest BCUT2D eigenvalue weighted by molar-refractivity contribution is 5.90. The molecule has 22 nitrogen and oxygen atoms in total. The number of nitrogens with zero attached hydrogens (tertiary/aromatic N) is 4. The van der Waals surface area contributed by atoms with Gasteiger partial charge in [0.25, 0.3) is 11.1 Å². The molecule has 0 bridgehead atoms. The second-order valence-electron chi connectivity index (χ2n) is 19.8. The predicted octanol–water partition coefficient (Wildman–Crippen LogP) is 4.49. The molecule has 4 N–H and O–H groups in total. The Morgan fingerprint density at radius 1 is 0.618 bits per heavy atom. The third-order valence-electron chi connectivity index (χ3n) is 14.3. The lowest BCUT2D eigenvalue weighted by molar-refractivity contribution is -0.172. The van der Waals surface area contributed by atoms with Crippen molar-refractivity contribution >= 4 is 57.9 Å². The van der Waals surface area contributed by atoms with Gasteiger partial charge in [0.2, 0.25) is 0 Å². The Morgan fingerprint density at radius 3 is 1.38 bits per heavy atom. The highest BCUT2D eigenvalue weighted by atomic mass is 16.6. The number of ether oxygens (including phenoxy) is 6. The van der Waals surface area contributed by atoms with E-state index in [0.29, 0.717) is 55.7 Å². The van der Waals surface area contributed by atoms with Crippen LogP contribution in [0.15, 0.2) is 70.3 Å². The lowest BCUT2D eigenvalue weighted by Crippen LogP contribution is -2.47. The summed E-state index contributed by atoms with van der Waals surface area (Å²) in [5, 5.41) is 28.6. The molecule has 4 aliphatic rings. The van der Waals surface area contributed by atoms with E-state index in [-0.39, 0.29) is 86.1 Å². The van der Waals surface area contributed by atoms with Crippen molar-refractivity contribution < 1.29 is 67.4 Å². The molecule has 10 rings (SSSR count). The number of hydrogen-bond acceptors (Lipinski definition) is 18. The zero-order chi connectivity index (χ0) is 54.1. The van der Waals surface area contributed by atoms with Crippen molar-refractivity contribution in [1.82, 2.24) is 29.7 Å². The first-order chi connectivity index (χ1) is 36.2. The number of fused-ring (bicyclic) bond motifs is 10. The van der Waals surface area contributed by atoms with Crippen LogP contribution >= 0.6 is 0 Å². The SMILES string of the molecule is CC[C@@]1(O)C(=O)OCc2c1cc1n(c2=O)Cc2cc3cc(OC(=O)N[C@H](C(=O)OCCOC(=O)[C@@H](NC(=O)Oc4ccc5nc6c(cc5c4)Cn4c-6cc5c(c4=O)COC(=O)[C@]5(O)CC)C(C)C)C(C)C)ccc3nc2-1. The first-order valence-electron chi connectivity index (χ1n) is 24.7. The Morgan fingerprint density at radius 2 is 1.01 bits per heavy atom. The second kappa shape index (κ2) is 19.3. The summed E-state index contributed by atoms with van der Waals surface area (Å²) in [6, 6.07) is 14.0. The van der Waals surface area contributed by atoms with Crippen molar-refractivity contribution in [1.29, 1.82) is 0 Å². The molecule has 4 aromatic heterocycles. The Hall–Kier alpha value is -8.50. The molecule has 6 aromatic rings. The number of benzene rings is 2. The number of carbonyl (C=O) groups is 6. The molecule has 22 heteroatoms. The number of nitrogens with one attached hydrogen (secondary N) is 2. The zero-order valence-corrected chi connectivity index (χ0v) is 42.1. The monoisotopic (exact) mass is 1040 g/mol. The fourth-order valence-corrected chi connectivity index (χ4v) is 10.0. The van der Waals surface area contributed by atoms with E-state index in [9.17, 15) is 48.6 Å². The molecular formula is C54H52N6O16. The van der Waals surface area contributed by atoms with Crippen LogP contribution in [0, 0.1) is 11.8 Å². The average Bonchev–Trinajstić information content (AvgIpc) is 4.01. The summed E-state index contributed by atoms with van der Waals surface area (Å²) in [6.07, 6.45) is -1.88. The molecule has 0 spiro atoms. The molecule has 4 aliphatic heterocycles. The molecule has 0 fully saturated rings. The fraction of sp³-hybridized carbons (Fsp3) is 0.370. The van der Waals surface area contributed by atoms with Crippen LogP contribution in [-0.2, 0) is 75.6 Å². The molecule has 8 heterocycles. The molecule has 2 aromatic carbocycles. The smallest absolute Gasteiger partial charge is 0.413 e. The number of aliphatic hydroxyl groups is 2. The minimum Gasteiger partial charge on any atom is -0.461 e. The summed E-state index contributed by atoms with van der Waals surface area (Å²) in [4.78, 5) is 114. The van der Waals surface area contributed by atoms with Crippen LogP contribution in [0.25, 0.3) is 44.6 Å². The van der Waals surface area contributed by atoms with Crippen LogP contribution < -0.4 is 31.2 Å². The van der Waals surface area contributed by atoms with Crippen LogP contribution in [0.5, 0.6) is 11.5 Å². The van der Waals surface area contributed by atoms with E-state index in [2.05, 4.69) is 10.6 Å². The Balaban J connectivity index is 0.718. The van der Waals surface area contributed by atoms with E-state index in [1.165, 1.54) is 21.3 Å². The largest absolute Gasteiger partial charge is 0.461 e. The van der Waals surface area contributed by atoms with E-state index < -0.39 is 82.3 Å². The predicted molar refractivity (Wildman–Crippen MR) is 267 cm³/mol. The summed E-state index contributed by atoms with van der Waals surface area (Å²) < 4.78 is 35.2. The Labute approximate surface area is 431 Å². The lowest BCUT2D eigenvalue weighted by Gasteiger charge is -2.31. The lowest BCUT2D eigenvalue weighted by atomic mass is 9.86. The van der Waals surface area contributed by atoms with Gasteiger partial charge in [-0.1, -0.05) is 41.5 Å². The Kier molecular flexibility index (Phi) is 13.0. The fourth-order valence-electron chi connectivity index (χ4n) is 10.0. The van der Waals surface area contributed by atoms with Gasteiger partial charge in [0.15, 0.2) is 11.2 Å². The van der Waals surface area contributed by atoms with E-state index in [1.54, 1.807) is 90.1 Å². The van der Waals surface area contributed by atoms with Crippen LogP contribution in [0.3, 0.4) is 0 Å². The molecule has 4 atom stereocenters. The van der Waals surface area contributed by atoms with E-state index in [0.717, 1.165) is 0 Å². The van der Waals surface area contributed by atoms with Gasteiger partial charge in [0, 0.05) is 33.0 Å². The van der Waals surface area contributed by atoms with Gasteiger partial charge in [-0.25, -0.2) is 38.7 Å². The van der Waals surface area contributed by atoms with Crippen molar-refractivity contribution in [3.63, 3.8) is 0 Å². The van der Waals surface area contributed by atoms with Crippen LogP contribution in [0.2, 0.25) is 0 Å². The number of carbonyl (C=O) groups excluding carboxylic acids is 6. The van der Waals surface area contributed by atoms with Crippen molar-refractivity contribution in [2.45, 2.75) is 104 Å². The van der Waals surface area contributed by atoms with Gasteiger partial charge in [-0.3, -0.25) is 9.59 Å². The minimum absolute atomic E-state index is 0.0118. The molecule has 394 valence electrons. The number of rotatable bonds is 13. The maximum Gasteiger partial charge on any atom is 0.413 e. The molecular weight excluding hydrogens is 989 g/mol. The molecule has 76 heavy (non-hydrogen) atoms. The molecule has 0 aliphatic carbocycles. The number of cyclic esters (lactones) is 2. The van der Waals surface area contributed by atoms with E-state index in [4.69, 9.17) is 38.4 Å². The van der Waals surface area contributed by atoms with E-state index >= 15 is 0 Å². The summed E-state index contributed by atoms with van der Waals surface area (Å²) in [5.41, 5.74) is 0.398. The van der Waals surface area contributed by atoms with Crippen LogP contribution in [0.4, 0.5) is 9.59 Å². The summed E-state index contributed by atoms with van der Waals surface area (Å²) in [6.45, 7) is 9.08. The van der Waals surface area contributed by atoms with Gasteiger partial charge in [-0.05, 0) is 85.3 Å². The first-order valence-corrected chi connectivity index (χ1v) is 24.7. The minimum atomic E-state index is -1.96. The van der Waals surface area contributed by atoms with Gasteiger partial charge < -0.3 is 58.4 Å². The third-order valence-corrected chi connectivity index (χ3v) is 14.3. The van der Waals surface area contributed by atoms with Gasteiger partial charge in [-0.2, -0.15) is 0 Å².